The predicted octanol–water partition coefficient (Wildman–Crippen LogP) is 3.96. The number of carbonyl (C=O) groups is 1. The third-order valence-electron chi connectivity index (χ3n) is 6.00. The molecule has 2 N–H and O–H groups in total. The van der Waals surface area contributed by atoms with Gasteiger partial charge in [0, 0.05) is 38.3 Å². The molecule has 0 aromatic heterocycles. The number of likely N-dealkylation sites (tertiary alicyclic amines) is 1. The molecule has 0 bridgehead atoms. The van der Waals surface area contributed by atoms with E-state index in [4.69, 9.17) is 14.5 Å². The van der Waals surface area contributed by atoms with Crippen LogP contribution in [0.15, 0.2) is 29.3 Å². The number of rotatable bonds is 9. The Bertz CT molecular complexity index is 732. The number of nitrogens with zero attached hydrogens (tertiary/aromatic N) is 2. The number of ether oxygens (including phenoxy) is 2. The Morgan fingerprint density at radius 3 is 2.70 bits per heavy atom. The molecule has 33 heavy (non-hydrogen) atoms. The highest BCUT2D eigenvalue weighted by atomic mass is 127. The largest absolute Gasteiger partial charge is 0.376 e. The van der Waals surface area contributed by atoms with Crippen molar-refractivity contribution >= 4 is 35.8 Å². The van der Waals surface area contributed by atoms with Crippen molar-refractivity contribution in [3.05, 3.63) is 35.4 Å². The lowest BCUT2D eigenvalue weighted by atomic mass is 10.1. The number of aliphatic imine (C=N–C) groups is 1. The van der Waals surface area contributed by atoms with E-state index in [2.05, 4.69) is 22.5 Å². The van der Waals surface area contributed by atoms with Crippen LogP contribution in [0.2, 0.25) is 0 Å². The minimum absolute atomic E-state index is 0. The molecular weight excluding hydrogens is 531 g/mol. The maximum atomic E-state index is 12.2. The summed E-state index contributed by atoms with van der Waals surface area (Å²) >= 11 is 0. The number of nitrogens with one attached hydrogen (secondary N) is 2. The smallest absolute Gasteiger partial charge is 0.251 e. The molecule has 2 aliphatic heterocycles. The van der Waals surface area contributed by atoms with E-state index in [0.29, 0.717) is 24.8 Å². The molecule has 2 aliphatic rings. The van der Waals surface area contributed by atoms with E-state index < -0.39 is 0 Å². The van der Waals surface area contributed by atoms with Gasteiger partial charge in [-0.05, 0) is 63.1 Å². The van der Waals surface area contributed by atoms with Crippen LogP contribution in [-0.2, 0) is 16.0 Å². The number of guanidine groups is 1. The van der Waals surface area contributed by atoms with E-state index in [-0.39, 0.29) is 36.0 Å². The van der Waals surface area contributed by atoms with Crippen LogP contribution in [0.5, 0.6) is 0 Å². The van der Waals surface area contributed by atoms with Gasteiger partial charge in [0.05, 0.1) is 25.4 Å². The minimum atomic E-state index is -0.0229. The highest BCUT2D eigenvalue weighted by Crippen LogP contribution is 2.18. The van der Waals surface area contributed by atoms with Crippen LogP contribution in [-0.4, -0.2) is 68.4 Å². The van der Waals surface area contributed by atoms with Gasteiger partial charge >= 0.3 is 0 Å². The van der Waals surface area contributed by atoms with E-state index in [9.17, 15) is 4.79 Å². The fraction of sp³-hybridized carbons (Fsp3) is 0.680. The number of carbonyl (C=O) groups excluding carboxylic acids is 1. The fourth-order valence-electron chi connectivity index (χ4n) is 4.16. The summed E-state index contributed by atoms with van der Waals surface area (Å²) in [6.07, 6.45) is 7.07. The van der Waals surface area contributed by atoms with Gasteiger partial charge in [0.15, 0.2) is 5.96 Å². The van der Waals surface area contributed by atoms with Gasteiger partial charge in [0.25, 0.3) is 5.91 Å². The fourth-order valence-corrected chi connectivity index (χ4v) is 4.16. The van der Waals surface area contributed by atoms with Crippen LogP contribution in [0.4, 0.5) is 0 Å². The molecule has 186 valence electrons. The number of hydrogen-bond donors (Lipinski definition) is 2. The molecule has 1 amide bonds. The molecule has 0 spiro atoms. The lowest BCUT2D eigenvalue weighted by molar-refractivity contribution is -0.0721. The van der Waals surface area contributed by atoms with Crippen molar-refractivity contribution in [2.24, 2.45) is 4.99 Å². The predicted molar refractivity (Wildman–Crippen MR) is 143 cm³/mol. The van der Waals surface area contributed by atoms with Gasteiger partial charge in [-0.3, -0.25) is 4.79 Å². The van der Waals surface area contributed by atoms with Crippen LogP contribution in [0, 0.1) is 0 Å². The molecular formula is C25H41IN4O3. The van der Waals surface area contributed by atoms with Gasteiger partial charge in [-0.25, -0.2) is 4.99 Å². The molecule has 2 saturated heterocycles. The van der Waals surface area contributed by atoms with E-state index in [1.54, 1.807) is 0 Å². The first kappa shape index (κ1) is 27.9. The standard InChI is InChI=1S/C25H40N4O3.HI/c1-3-13-27-24(30)21-9-7-8-20(17-21)18-28-25(26-4-2)29-14-11-22(12-15-29)32-19-23-10-5-6-16-31-23;/h7-9,17,22-23H,3-6,10-16,18-19H2,1-2H3,(H,26,28)(H,27,30);1H. The van der Waals surface area contributed by atoms with Crippen LogP contribution in [0.1, 0.15) is 68.3 Å². The summed E-state index contributed by atoms with van der Waals surface area (Å²) in [5.74, 6) is 0.910. The van der Waals surface area contributed by atoms with Gasteiger partial charge in [0.1, 0.15) is 0 Å². The van der Waals surface area contributed by atoms with Crippen LogP contribution >= 0.6 is 24.0 Å². The normalized spacial score (nSPS) is 19.6. The van der Waals surface area contributed by atoms with Crippen molar-refractivity contribution in [3.8, 4) is 0 Å². The minimum Gasteiger partial charge on any atom is -0.376 e. The second-order valence-electron chi connectivity index (χ2n) is 8.63. The topological polar surface area (TPSA) is 75.2 Å². The van der Waals surface area contributed by atoms with Gasteiger partial charge in [0.2, 0.25) is 0 Å². The molecule has 0 radical (unpaired) electrons. The van der Waals surface area contributed by atoms with E-state index >= 15 is 0 Å². The summed E-state index contributed by atoms with van der Waals surface area (Å²) < 4.78 is 11.9. The Labute approximate surface area is 216 Å². The summed E-state index contributed by atoms with van der Waals surface area (Å²) in [5.41, 5.74) is 1.73. The molecule has 1 unspecified atom stereocenters. The average molecular weight is 573 g/mol. The molecule has 2 heterocycles. The SMILES string of the molecule is CCCNC(=O)c1cccc(CN=C(NCC)N2CCC(OCC3CCCCO3)CC2)c1.I. The van der Waals surface area contributed by atoms with Gasteiger partial charge in [-0.1, -0.05) is 19.1 Å². The molecule has 3 rings (SSSR count). The van der Waals surface area contributed by atoms with Crippen molar-refractivity contribution in [1.82, 2.24) is 15.5 Å². The Kier molecular flexibility index (Phi) is 13.1. The van der Waals surface area contributed by atoms with E-state index in [1.807, 2.05) is 31.2 Å². The van der Waals surface area contributed by atoms with Crippen molar-refractivity contribution < 1.29 is 14.3 Å². The number of amides is 1. The number of piperidine rings is 1. The molecule has 7 nitrogen and oxygen atoms in total. The highest BCUT2D eigenvalue weighted by Gasteiger charge is 2.23. The van der Waals surface area contributed by atoms with E-state index in [1.165, 1.54) is 12.8 Å². The molecule has 8 heteroatoms. The Morgan fingerprint density at radius 2 is 2.00 bits per heavy atom. The van der Waals surface area contributed by atoms with Gasteiger partial charge < -0.3 is 25.0 Å². The zero-order valence-corrected chi connectivity index (χ0v) is 22.5. The first-order valence-electron chi connectivity index (χ1n) is 12.3. The number of benzene rings is 1. The zero-order valence-electron chi connectivity index (χ0n) is 20.2. The maximum absolute atomic E-state index is 12.2. The number of halogens is 1. The van der Waals surface area contributed by atoms with Crippen molar-refractivity contribution in [2.45, 2.75) is 71.1 Å². The summed E-state index contributed by atoms with van der Waals surface area (Å²) in [6.45, 7) is 9.67. The number of hydrogen-bond acceptors (Lipinski definition) is 4. The third kappa shape index (κ3) is 9.41. The quantitative estimate of drug-likeness (QED) is 0.266. The molecule has 1 atom stereocenters. The average Bonchev–Trinajstić information content (AvgIpc) is 2.85. The van der Waals surface area contributed by atoms with Crippen LogP contribution in [0.25, 0.3) is 0 Å². The molecule has 0 aliphatic carbocycles. The monoisotopic (exact) mass is 572 g/mol. The van der Waals surface area contributed by atoms with Gasteiger partial charge in [-0.15, -0.1) is 24.0 Å². The van der Waals surface area contributed by atoms with Crippen molar-refractivity contribution in [3.63, 3.8) is 0 Å². The maximum Gasteiger partial charge on any atom is 0.251 e. The second kappa shape index (κ2) is 15.5. The van der Waals surface area contributed by atoms with Crippen molar-refractivity contribution in [1.29, 1.82) is 0 Å². The first-order valence-corrected chi connectivity index (χ1v) is 12.3. The van der Waals surface area contributed by atoms with Crippen LogP contribution < -0.4 is 10.6 Å². The molecule has 0 saturated carbocycles. The Balaban J connectivity index is 0.00000385. The highest BCUT2D eigenvalue weighted by molar-refractivity contribution is 14.0. The first-order chi connectivity index (χ1) is 15.7. The van der Waals surface area contributed by atoms with Crippen molar-refractivity contribution in [2.75, 3.05) is 39.4 Å². The molecule has 1 aromatic rings. The molecule has 2 fully saturated rings. The second-order valence-corrected chi connectivity index (χ2v) is 8.63. The summed E-state index contributed by atoms with van der Waals surface area (Å²) in [6, 6.07) is 7.74. The third-order valence-corrected chi connectivity index (χ3v) is 6.00. The summed E-state index contributed by atoms with van der Waals surface area (Å²) in [5, 5.41) is 6.36. The van der Waals surface area contributed by atoms with Crippen LogP contribution in [0.3, 0.4) is 0 Å². The zero-order chi connectivity index (χ0) is 22.6. The Morgan fingerprint density at radius 1 is 1.18 bits per heavy atom. The molecule has 1 aromatic carbocycles. The Hall–Kier alpha value is -1.39. The summed E-state index contributed by atoms with van der Waals surface area (Å²) in [4.78, 5) is 19.4. The van der Waals surface area contributed by atoms with Gasteiger partial charge in [-0.2, -0.15) is 0 Å². The lowest BCUT2D eigenvalue weighted by Crippen LogP contribution is -2.47. The lowest BCUT2D eigenvalue weighted by Gasteiger charge is -2.35. The van der Waals surface area contributed by atoms with E-state index in [0.717, 1.165) is 70.1 Å². The summed E-state index contributed by atoms with van der Waals surface area (Å²) in [7, 11) is 0.